The summed E-state index contributed by atoms with van der Waals surface area (Å²) in [5.41, 5.74) is 1.41. The molecule has 2 aromatic carbocycles. The van der Waals surface area contributed by atoms with Crippen LogP contribution >= 0.6 is 23.2 Å². The van der Waals surface area contributed by atoms with Crippen LogP contribution in [-0.4, -0.2) is 13.0 Å². The molecule has 2 aromatic rings. The molecule has 0 aromatic heterocycles. The van der Waals surface area contributed by atoms with E-state index in [1.54, 1.807) is 30.3 Å². The van der Waals surface area contributed by atoms with Crippen molar-refractivity contribution >= 4 is 33.3 Å². The van der Waals surface area contributed by atoms with Crippen LogP contribution in [0.1, 0.15) is 0 Å². The van der Waals surface area contributed by atoms with Crippen molar-refractivity contribution in [2.24, 2.45) is 0 Å². The first-order valence-electron chi connectivity index (χ1n) is 4.91. The van der Waals surface area contributed by atoms with Crippen LogP contribution in [0, 0.1) is 0 Å². The Balaban J connectivity index is 2.57. The zero-order valence-corrected chi connectivity index (χ0v) is 11.3. The van der Waals surface area contributed by atoms with Crippen molar-refractivity contribution in [2.75, 3.05) is 0 Å². The Morgan fingerprint density at radius 1 is 0.889 bits per heavy atom. The third-order valence-corrected chi connectivity index (χ3v) is 3.97. The van der Waals surface area contributed by atoms with Crippen LogP contribution in [0.3, 0.4) is 0 Å². The number of rotatable bonds is 2. The Bertz CT molecular complexity index is 679. The summed E-state index contributed by atoms with van der Waals surface area (Å²) in [6, 6.07) is 11.3. The smallest absolute Gasteiger partial charge is 0.282 e. The van der Waals surface area contributed by atoms with Gasteiger partial charge in [-0.2, -0.15) is 8.42 Å². The van der Waals surface area contributed by atoms with Crippen LogP contribution in [0.15, 0.2) is 47.4 Å². The zero-order chi connectivity index (χ0) is 13.3. The van der Waals surface area contributed by atoms with Gasteiger partial charge in [-0.3, -0.25) is 4.55 Å². The van der Waals surface area contributed by atoms with E-state index in [4.69, 9.17) is 27.8 Å². The minimum atomic E-state index is -4.33. The number of benzene rings is 2. The first-order chi connectivity index (χ1) is 8.38. The maximum atomic E-state index is 11.1. The lowest BCUT2D eigenvalue weighted by atomic mass is 10.1. The van der Waals surface area contributed by atoms with E-state index < -0.39 is 10.1 Å². The highest BCUT2D eigenvalue weighted by Gasteiger charge is 2.15. The molecular weight excluding hydrogens is 295 g/mol. The lowest BCUT2D eigenvalue weighted by molar-refractivity contribution is 0.483. The Kier molecular flexibility index (Phi) is 3.64. The summed E-state index contributed by atoms with van der Waals surface area (Å²) < 4.78 is 31.3. The van der Waals surface area contributed by atoms with Crippen LogP contribution in [0.5, 0.6) is 0 Å². The van der Waals surface area contributed by atoms with Crippen LogP contribution in [0.25, 0.3) is 11.1 Å². The Hall–Kier alpha value is -1.07. The molecule has 3 nitrogen and oxygen atoms in total. The van der Waals surface area contributed by atoms with Gasteiger partial charge in [0.1, 0.15) is 4.90 Å². The van der Waals surface area contributed by atoms with E-state index in [1.165, 1.54) is 12.1 Å². The second-order valence-electron chi connectivity index (χ2n) is 3.63. The second-order valence-corrected chi connectivity index (χ2v) is 5.86. The summed E-state index contributed by atoms with van der Waals surface area (Å²) in [7, 11) is -4.33. The largest absolute Gasteiger partial charge is 0.296 e. The Morgan fingerprint density at radius 2 is 1.44 bits per heavy atom. The van der Waals surface area contributed by atoms with E-state index in [0.29, 0.717) is 10.6 Å². The van der Waals surface area contributed by atoms with Crippen molar-refractivity contribution in [3.8, 4) is 11.1 Å². The van der Waals surface area contributed by atoms with E-state index in [1.807, 2.05) is 0 Å². The summed E-state index contributed by atoms with van der Waals surface area (Å²) >= 11 is 11.5. The molecule has 0 heterocycles. The molecule has 0 fully saturated rings. The second kappa shape index (κ2) is 4.90. The van der Waals surface area contributed by atoms with Gasteiger partial charge in [0, 0.05) is 5.02 Å². The van der Waals surface area contributed by atoms with Crippen molar-refractivity contribution in [3.05, 3.63) is 52.5 Å². The summed E-state index contributed by atoms with van der Waals surface area (Å²) in [5.74, 6) is 0. The maximum absolute atomic E-state index is 11.1. The molecule has 0 atom stereocenters. The lowest BCUT2D eigenvalue weighted by Gasteiger charge is -2.05. The molecule has 0 aliphatic rings. The highest BCUT2D eigenvalue weighted by atomic mass is 35.5. The average molecular weight is 303 g/mol. The standard InChI is InChI=1S/C12H8Cl2O3S/c13-10-4-1-8(2-5-10)9-3-6-11(14)12(7-9)18(15,16)17/h1-7H,(H,15,16,17). The van der Waals surface area contributed by atoms with E-state index in [0.717, 1.165) is 5.56 Å². The molecule has 2 rings (SSSR count). The van der Waals surface area contributed by atoms with Gasteiger partial charge in [-0.1, -0.05) is 41.4 Å². The highest BCUT2D eigenvalue weighted by molar-refractivity contribution is 7.86. The molecule has 0 unspecified atom stereocenters. The fourth-order valence-electron chi connectivity index (χ4n) is 1.52. The van der Waals surface area contributed by atoms with E-state index in [9.17, 15) is 8.42 Å². The van der Waals surface area contributed by atoms with Crippen molar-refractivity contribution < 1.29 is 13.0 Å². The van der Waals surface area contributed by atoms with Crippen LogP contribution in [0.2, 0.25) is 10.0 Å². The molecule has 18 heavy (non-hydrogen) atoms. The number of hydrogen-bond donors (Lipinski definition) is 1. The van der Waals surface area contributed by atoms with Crippen molar-refractivity contribution in [1.82, 2.24) is 0 Å². The summed E-state index contributed by atoms with van der Waals surface area (Å²) in [5, 5.41) is 0.568. The molecule has 6 heteroatoms. The zero-order valence-electron chi connectivity index (χ0n) is 8.97. The van der Waals surface area contributed by atoms with Gasteiger partial charge in [0.05, 0.1) is 5.02 Å². The van der Waals surface area contributed by atoms with Gasteiger partial charge in [-0.05, 0) is 35.4 Å². The van der Waals surface area contributed by atoms with Gasteiger partial charge >= 0.3 is 0 Å². The molecule has 0 spiro atoms. The minimum Gasteiger partial charge on any atom is -0.282 e. The molecule has 0 saturated heterocycles. The third kappa shape index (κ3) is 2.84. The molecular formula is C12H8Cl2O3S. The van der Waals surface area contributed by atoms with Crippen molar-refractivity contribution in [3.63, 3.8) is 0 Å². The predicted molar refractivity (Wildman–Crippen MR) is 71.7 cm³/mol. The third-order valence-electron chi connectivity index (χ3n) is 2.39. The first kappa shape index (κ1) is 13.4. The van der Waals surface area contributed by atoms with Crippen LogP contribution in [-0.2, 0) is 10.1 Å². The van der Waals surface area contributed by atoms with Gasteiger partial charge in [0.2, 0.25) is 0 Å². The normalized spacial score (nSPS) is 11.5. The molecule has 0 bridgehead atoms. The Morgan fingerprint density at radius 3 is 2.00 bits per heavy atom. The van der Waals surface area contributed by atoms with Crippen LogP contribution < -0.4 is 0 Å². The van der Waals surface area contributed by atoms with Gasteiger partial charge < -0.3 is 0 Å². The topological polar surface area (TPSA) is 54.4 Å². The van der Waals surface area contributed by atoms with E-state index in [-0.39, 0.29) is 9.92 Å². The maximum Gasteiger partial charge on any atom is 0.296 e. The summed E-state index contributed by atoms with van der Waals surface area (Å²) in [6.07, 6.45) is 0. The van der Waals surface area contributed by atoms with Crippen molar-refractivity contribution in [1.29, 1.82) is 0 Å². The van der Waals surface area contributed by atoms with Gasteiger partial charge in [0.15, 0.2) is 0 Å². The number of hydrogen-bond acceptors (Lipinski definition) is 2. The van der Waals surface area contributed by atoms with Gasteiger partial charge in [-0.15, -0.1) is 0 Å². The monoisotopic (exact) mass is 302 g/mol. The fourth-order valence-corrected chi connectivity index (χ4v) is 2.65. The minimum absolute atomic E-state index is 0.0183. The summed E-state index contributed by atoms with van der Waals surface area (Å²) in [6.45, 7) is 0. The van der Waals surface area contributed by atoms with E-state index >= 15 is 0 Å². The quantitative estimate of drug-likeness (QED) is 0.856. The molecule has 0 aliphatic carbocycles. The summed E-state index contributed by atoms with van der Waals surface area (Å²) in [4.78, 5) is -0.309. The molecule has 0 radical (unpaired) electrons. The molecule has 94 valence electrons. The SMILES string of the molecule is O=S(=O)(O)c1cc(-c2ccc(Cl)cc2)ccc1Cl. The first-order valence-corrected chi connectivity index (χ1v) is 7.10. The van der Waals surface area contributed by atoms with Crippen LogP contribution in [0.4, 0.5) is 0 Å². The Labute approximate surface area is 115 Å². The van der Waals surface area contributed by atoms with Gasteiger partial charge in [0.25, 0.3) is 10.1 Å². The lowest BCUT2D eigenvalue weighted by Crippen LogP contribution is -1.99. The molecule has 1 N–H and O–H groups in total. The molecule has 0 saturated carbocycles. The number of halogens is 2. The fraction of sp³-hybridized carbons (Fsp3) is 0. The highest BCUT2D eigenvalue weighted by Crippen LogP contribution is 2.28. The predicted octanol–water partition coefficient (Wildman–Crippen LogP) is 3.91. The molecule has 0 amide bonds. The van der Waals surface area contributed by atoms with E-state index in [2.05, 4.69) is 0 Å². The average Bonchev–Trinajstić information content (AvgIpc) is 2.29. The van der Waals surface area contributed by atoms with Gasteiger partial charge in [-0.25, -0.2) is 0 Å². The molecule has 0 aliphatic heterocycles. The van der Waals surface area contributed by atoms with Crippen molar-refractivity contribution in [2.45, 2.75) is 4.90 Å².